The molecule has 1 rings (SSSR count). The molecule has 0 radical (unpaired) electrons. The number of nitrogens with zero attached hydrogens (tertiary/aromatic N) is 1. The number of aromatic nitrogens is 1. The van der Waals surface area contributed by atoms with Gasteiger partial charge in [0, 0.05) is 11.2 Å². The van der Waals surface area contributed by atoms with Crippen molar-refractivity contribution in [1.82, 2.24) is 4.98 Å². The number of hydrogen-bond acceptors (Lipinski definition) is 4. The third-order valence-electron chi connectivity index (χ3n) is 0.743. The summed E-state index contributed by atoms with van der Waals surface area (Å²) in [5.41, 5.74) is 5.26. The first-order chi connectivity index (χ1) is 5.79. The van der Waals surface area contributed by atoms with Crippen LogP contribution in [0.4, 0.5) is 5.82 Å². The Labute approximate surface area is 81.3 Å². The molecule has 3 N–H and O–H groups in total. The Hall–Kier alpha value is -0.850. The molecule has 0 aliphatic rings. The van der Waals surface area contributed by atoms with Crippen LogP contribution in [0.3, 0.4) is 0 Å². The van der Waals surface area contributed by atoms with Gasteiger partial charge in [-0.15, -0.1) is 0 Å². The lowest BCUT2D eigenvalue weighted by molar-refractivity contribution is 0.490. The lowest BCUT2D eigenvalue weighted by Gasteiger charge is -1.88. The maximum atomic E-state index is 9.19. The summed E-state index contributed by atoms with van der Waals surface area (Å²) in [5, 5.41) is 0.623. The lowest BCUT2D eigenvalue weighted by atomic mass is 10.5. The summed E-state index contributed by atoms with van der Waals surface area (Å²) < 4.78 is 25.9. The second-order valence-corrected chi connectivity index (χ2v) is 4.03. The van der Waals surface area contributed by atoms with Gasteiger partial charge in [0.05, 0.1) is 6.26 Å². The van der Waals surface area contributed by atoms with Gasteiger partial charge in [0.1, 0.15) is 5.82 Å². The molecule has 5 nitrogen and oxygen atoms in total. The zero-order valence-electron chi connectivity index (χ0n) is 6.81. The first kappa shape index (κ1) is 12.2. The van der Waals surface area contributed by atoms with Gasteiger partial charge in [-0.05, 0) is 12.1 Å². The summed E-state index contributed by atoms with van der Waals surface area (Å²) in [4.78, 5) is 3.73. The predicted molar refractivity (Wildman–Crippen MR) is 51.1 cm³/mol. The van der Waals surface area contributed by atoms with Gasteiger partial charge in [-0.25, -0.2) is 4.98 Å². The van der Waals surface area contributed by atoms with Gasteiger partial charge >= 0.3 is 0 Å². The maximum Gasteiger partial charge on any atom is 0.261 e. The molecule has 0 aliphatic heterocycles. The average molecular weight is 225 g/mol. The van der Waals surface area contributed by atoms with Gasteiger partial charge in [-0.2, -0.15) is 8.42 Å². The summed E-state index contributed by atoms with van der Waals surface area (Å²) in [7, 11) is -3.67. The minimum Gasteiger partial charge on any atom is -0.384 e. The van der Waals surface area contributed by atoms with Gasteiger partial charge < -0.3 is 5.73 Å². The van der Waals surface area contributed by atoms with Crippen LogP contribution >= 0.6 is 11.6 Å². The van der Waals surface area contributed by atoms with Gasteiger partial charge in [0.2, 0.25) is 0 Å². The molecule has 0 bridgehead atoms. The van der Waals surface area contributed by atoms with E-state index in [0.29, 0.717) is 17.1 Å². The minimum atomic E-state index is -3.67. The van der Waals surface area contributed by atoms with E-state index < -0.39 is 10.1 Å². The van der Waals surface area contributed by atoms with Crippen molar-refractivity contribution in [2.45, 2.75) is 0 Å². The summed E-state index contributed by atoms with van der Waals surface area (Å²) in [6.07, 6.45) is 2.28. The normalized spacial score (nSPS) is 10.1. The second-order valence-electron chi connectivity index (χ2n) is 2.13. The SMILES string of the molecule is CS(=O)(=O)O.Nc1cc(Cl)ccn1. The van der Waals surface area contributed by atoms with Crippen LogP contribution < -0.4 is 5.73 Å². The van der Waals surface area contributed by atoms with Crippen LogP contribution in [0.15, 0.2) is 18.3 Å². The summed E-state index contributed by atoms with van der Waals surface area (Å²) >= 11 is 5.52. The Morgan fingerprint density at radius 1 is 1.62 bits per heavy atom. The summed E-state index contributed by atoms with van der Waals surface area (Å²) in [6.45, 7) is 0. The number of nitrogens with two attached hydrogens (primary N) is 1. The van der Waals surface area contributed by atoms with Crippen molar-refractivity contribution in [3.63, 3.8) is 0 Å². The molecule has 0 aliphatic carbocycles. The first-order valence-electron chi connectivity index (χ1n) is 3.08. The summed E-state index contributed by atoms with van der Waals surface area (Å²) in [6, 6.07) is 3.28. The molecule has 1 aromatic rings. The van der Waals surface area contributed by atoms with E-state index in [0.717, 1.165) is 0 Å². The van der Waals surface area contributed by atoms with Crippen LogP contribution in [0.2, 0.25) is 5.02 Å². The number of nitrogen functional groups attached to an aromatic ring is 1. The monoisotopic (exact) mass is 224 g/mol. The Bertz CT molecular complexity index is 341. The Morgan fingerprint density at radius 3 is 2.31 bits per heavy atom. The smallest absolute Gasteiger partial charge is 0.261 e. The number of hydrogen-bond donors (Lipinski definition) is 2. The number of rotatable bonds is 0. The van der Waals surface area contributed by atoms with E-state index >= 15 is 0 Å². The third-order valence-corrected chi connectivity index (χ3v) is 0.978. The maximum absolute atomic E-state index is 9.19. The largest absolute Gasteiger partial charge is 0.384 e. The fourth-order valence-electron chi connectivity index (χ4n) is 0.421. The molecule has 0 spiro atoms. The van der Waals surface area contributed by atoms with E-state index in [4.69, 9.17) is 21.9 Å². The van der Waals surface area contributed by atoms with Crippen LogP contribution in [0, 0.1) is 0 Å². The Kier molecular flexibility index (Phi) is 4.68. The molecule has 0 fully saturated rings. The molecule has 1 heterocycles. The molecule has 13 heavy (non-hydrogen) atoms. The molecular weight excluding hydrogens is 216 g/mol. The van der Waals surface area contributed by atoms with Crippen LogP contribution in [-0.2, 0) is 10.1 Å². The number of halogens is 1. The molecule has 1 aromatic heterocycles. The van der Waals surface area contributed by atoms with Crippen LogP contribution in [0.5, 0.6) is 0 Å². The summed E-state index contributed by atoms with van der Waals surface area (Å²) in [5.74, 6) is 0.456. The van der Waals surface area contributed by atoms with Crippen molar-refractivity contribution in [2.75, 3.05) is 12.0 Å². The molecule has 0 aromatic carbocycles. The average Bonchev–Trinajstić information content (AvgIpc) is 1.81. The van der Waals surface area contributed by atoms with E-state index in [1.165, 1.54) is 0 Å². The highest BCUT2D eigenvalue weighted by Gasteiger charge is 1.84. The van der Waals surface area contributed by atoms with Crippen LogP contribution in [-0.4, -0.2) is 24.2 Å². The Balaban J connectivity index is 0.000000252. The highest BCUT2D eigenvalue weighted by Crippen LogP contribution is 2.07. The second kappa shape index (κ2) is 5.00. The van der Waals surface area contributed by atoms with E-state index in [1.807, 2.05) is 0 Å². The predicted octanol–water partition coefficient (Wildman–Crippen LogP) is 0.821. The van der Waals surface area contributed by atoms with Crippen molar-refractivity contribution < 1.29 is 13.0 Å². The first-order valence-corrected chi connectivity index (χ1v) is 5.31. The topological polar surface area (TPSA) is 93.3 Å². The van der Waals surface area contributed by atoms with E-state index in [9.17, 15) is 8.42 Å². The van der Waals surface area contributed by atoms with Crippen molar-refractivity contribution >= 4 is 27.5 Å². The highest BCUT2D eigenvalue weighted by molar-refractivity contribution is 7.85. The number of anilines is 1. The molecule has 74 valence electrons. The third kappa shape index (κ3) is 11.1. The van der Waals surface area contributed by atoms with Crippen molar-refractivity contribution in [1.29, 1.82) is 0 Å². The fourth-order valence-corrected chi connectivity index (χ4v) is 0.589. The van der Waals surface area contributed by atoms with Crippen molar-refractivity contribution in [2.24, 2.45) is 0 Å². The highest BCUT2D eigenvalue weighted by atomic mass is 35.5. The van der Waals surface area contributed by atoms with Crippen molar-refractivity contribution in [3.8, 4) is 0 Å². The molecule has 0 saturated carbocycles. The van der Waals surface area contributed by atoms with E-state index in [1.54, 1.807) is 18.3 Å². The van der Waals surface area contributed by atoms with Gasteiger partial charge in [0.25, 0.3) is 10.1 Å². The van der Waals surface area contributed by atoms with E-state index in [2.05, 4.69) is 4.98 Å². The lowest BCUT2D eigenvalue weighted by Crippen LogP contribution is -1.88. The minimum absolute atomic E-state index is 0.456. The van der Waals surface area contributed by atoms with Crippen molar-refractivity contribution in [3.05, 3.63) is 23.4 Å². The van der Waals surface area contributed by atoms with Gasteiger partial charge in [0.15, 0.2) is 0 Å². The molecule has 0 unspecified atom stereocenters. The standard InChI is InChI=1S/C5H5ClN2.CH4O3S/c6-4-1-2-8-5(7)3-4;1-5(2,3)4/h1-3H,(H2,7,8);1H3,(H,2,3,4). The molecule has 0 saturated heterocycles. The fraction of sp³-hybridized carbons (Fsp3) is 0.167. The molecule has 7 heteroatoms. The van der Waals surface area contributed by atoms with E-state index in [-0.39, 0.29) is 0 Å². The molecule has 0 amide bonds. The van der Waals surface area contributed by atoms with Crippen LogP contribution in [0.25, 0.3) is 0 Å². The number of pyridine rings is 1. The zero-order chi connectivity index (χ0) is 10.5. The quantitative estimate of drug-likeness (QED) is 0.637. The molecule has 0 atom stereocenters. The zero-order valence-corrected chi connectivity index (χ0v) is 8.38. The Morgan fingerprint density at radius 2 is 2.08 bits per heavy atom. The van der Waals surface area contributed by atoms with Gasteiger partial charge in [-0.1, -0.05) is 11.6 Å². The van der Waals surface area contributed by atoms with Gasteiger partial charge in [-0.3, -0.25) is 4.55 Å². The molecular formula is C6H9ClN2O3S. The van der Waals surface area contributed by atoms with Crippen LogP contribution in [0.1, 0.15) is 0 Å².